The molecule has 0 aliphatic carbocycles. The van der Waals surface area contributed by atoms with E-state index in [0.717, 1.165) is 45.6 Å². The van der Waals surface area contributed by atoms with Crippen LogP contribution in [0.1, 0.15) is 50.5 Å². The number of fused-ring (bicyclic) bond motifs is 4. The molecule has 0 saturated carbocycles. The SMILES string of the molecule is CC1=NCCN=C(C)c2cccc(n2)C(C)=NCCN=C(C)c2cccc1n2.[Eu+3]. The quantitative estimate of drug-likeness (QED) is 0.528. The molecule has 1 aliphatic heterocycles. The third-order valence-corrected chi connectivity index (χ3v) is 4.58. The average molecular weight is 526 g/mol. The standard InChI is InChI=1S/C22H26N6.Eu/c1-15-19-7-5-8-20(27-19)16(2)25-13-14-26-18(4)22-10-6-9-21(28-22)17(3)24-12-11-23-15;/h5-10H,11-14H2,1-4H3;/q;+3. The van der Waals surface area contributed by atoms with Crippen LogP contribution in [0.4, 0.5) is 0 Å². The second kappa shape index (κ2) is 11.7. The smallest absolute Gasteiger partial charge is 0.286 e. The van der Waals surface area contributed by atoms with Crippen molar-refractivity contribution < 1.29 is 49.4 Å². The number of hydrogen-bond donors (Lipinski definition) is 0. The molecule has 2 aromatic heterocycles. The normalized spacial score (nSPS) is 15.6. The second-order valence-corrected chi connectivity index (χ2v) is 6.68. The summed E-state index contributed by atoms with van der Waals surface area (Å²) in [5, 5.41) is 0. The molecule has 29 heavy (non-hydrogen) atoms. The molecule has 0 spiro atoms. The van der Waals surface area contributed by atoms with Gasteiger partial charge < -0.3 is 0 Å². The summed E-state index contributed by atoms with van der Waals surface area (Å²) in [7, 11) is 0. The minimum atomic E-state index is 0. The second-order valence-electron chi connectivity index (χ2n) is 6.68. The van der Waals surface area contributed by atoms with Crippen molar-refractivity contribution in [2.45, 2.75) is 27.7 Å². The van der Waals surface area contributed by atoms with Crippen LogP contribution < -0.4 is 0 Å². The van der Waals surface area contributed by atoms with Gasteiger partial charge in [-0.05, 0) is 52.0 Å². The van der Waals surface area contributed by atoms with Crippen molar-refractivity contribution in [2.75, 3.05) is 26.2 Å². The molecule has 0 saturated heterocycles. The van der Waals surface area contributed by atoms with E-state index in [-0.39, 0.29) is 49.4 Å². The molecule has 4 bridgehead atoms. The van der Waals surface area contributed by atoms with E-state index >= 15 is 0 Å². The number of pyridine rings is 2. The van der Waals surface area contributed by atoms with Crippen LogP contribution in [0, 0.1) is 49.4 Å². The summed E-state index contributed by atoms with van der Waals surface area (Å²) < 4.78 is 0. The molecule has 3 rings (SSSR count). The zero-order valence-corrected chi connectivity index (χ0v) is 19.8. The third-order valence-electron chi connectivity index (χ3n) is 4.58. The van der Waals surface area contributed by atoms with Gasteiger partial charge in [0.25, 0.3) is 0 Å². The number of aromatic nitrogens is 2. The Hall–Kier alpha value is -1.44. The van der Waals surface area contributed by atoms with E-state index in [1.165, 1.54) is 0 Å². The van der Waals surface area contributed by atoms with Gasteiger partial charge in [0.1, 0.15) is 0 Å². The fourth-order valence-electron chi connectivity index (χ4n) is 2.87. The minimum Gasteiger partial charge on any atom is -0.286 e. The van der Waals surface area contributed by atoms with E-state index in [1.54, 1.807) is 0 Å². The van der Waals surface area contributed by atoms with Crippen LogP contribution in [0.25, 0.3) is 0 Å². The summed E-state index contributed by atoms with van der Waals surface area (Å²) in [6, 6.07) is 11.9. The first-order valence-corrected chi connectivity index (χ1v) is 9.54. The van der Waals surface area contributed by atoms with Gasteiger partial charge in [0.15, 0.2) is 0 Å². The Bertz CT molecular complexity index is 825. The van der Waals surface area contributed by atoms with Crippen molar-refractivity contribution in [1.82, 2.24) is 9.97 Å². The van der Waals surface area contributed by atoms with E-state index in [9.17, 15) is 0 Å². The molecule has 2 aromatic rings. The first-order valence-electron chi connectivity index (χ1n) is 9.54. The van der Waals surface area contributed by atoms with Gasteiger partial charge in [-0.15, -0.1) is 0 Å². The molecular weight excluding hydrogens is 500 g/mol. The fourth-order valence-corrected chi connectivity index (χ4v) is 2.87. The van der Waals surface area contributed by atoms with Crippen LogP contribution in [0.3, 0.4) is 0 Å². The Morgan fingerprint density at radius 1 is 0.483 bits per heavy atom. The first-order chi connectivity index (χ1) is 13.5. The van der Waals surface area contributed by atoms with Crippen LogP contribution in [-0.2, 0) is 0 Å². The molecular formula is C22H26EuN6+3. The molecule has 6 nitrogen and oxygen atoms in total. The number of rotatable bonds is 0. The minimum absolute atomic E-state index is 0. The first kappa shape index (κ1) is 23.8. The maximum absolute atomic E-state index is 4.70. The Kier molecular flexibility index (Phi) is 9.60. The van der Waals surface area contributed by atoms with Crippen LogP contribution in [0.15, 0.2) is 56.4 Å². The van der Waals surface area contributed by atoms with E-state index < -0.39 is 0 Å². The van der Waals surface area contributed by atoms with Crippen molar-refractivity contribution in [3.63, 3.8) is 0 Å². The largest absolute Gasteiger partial charge is 3.00 e. The van der Waals surface area contributed by atoms with E-state index in [2.05, 4.69) is 20.0 Å². The summed E-state index contributed by atoms with van der Waals surface area (Å²) in [6.45, 7) is 10.4. The molecule has 0 unspecified atom stereocenters. The van der Waals surface area contributed by atoms with Gasteiger partial charge >= 0.3 is 49.4 Å². The van der Waals surface area contributed by atoms with Crippen LogP contribution in [0.2, 0.25) is 0 Å². The summed E-state index contributed by atoms with van der Waals surface area (Å²) in [5.41, 5.74) is 7.12. The van der Waals surface area contributed by atoms with Gasteiger partial charge in [-0.1, -0.05) is 12.1 Å². The summed E-state index contributed by atoms with van der Waals surface area (Å²) in [5.74, 6) is 0. The van der Waals surface area contributed by atoms with Gasteiger partial charge in [-0.3, -0.25) is 20.0 Å². The third kappa shape index (κ3) is 6.80. The topological polar surface area (TPSA) is 75.2 Å². The molecule has 3 heterocycles. The number of nitrogens with zero attached hydrogens (tertiary/aromatic N) is 6. The van der Waals surface area contributed by atoms with Crippen molar-refractivity contribution >= 4 is 22.8 Å². The molecule has 0 radical (unpaired) electrons. The molecule has 0 amide bonds. The summed E-state index contributed by atoms with van der Waals surface area (Å²) in [4.78, 5) is 27.9. The van der Waals surface area contributed by atoms with Crippen molar-refractivity contribution in [2.24, 2.45) is 20.0 Å². The van der Waals surface area contributed by atoms with E-state index in [4.69, 9.17) is 9.97 Å². The molecule has 0 aromatic carbocycles. The predicted octanol–water partition coefficient (Wildman–Crippen LogP) is 3.43. The van der Waals surface area contributed by atoms with Crippen molar-refractivity contribution in [3.8, 4) is 0 Å². The molecule has 0 atom stereocenters. The summed E-state index contributed by atoms with van der Waals surface area (Å²) >= 11 is 0. The maximum atomic E-state index is 4.70. The molecule has 1 aliphatic rings. The number of aliphatic imine (C=N–C) groups is 4. The summed E-state index contributed by atoms with van der Waals surface area (Å²) in [6.07, 6.45) is 0. The van der Waals surface area contributed by atoms with Crippen molar-refractivity contribution in [1.29, 1.82) is 0 Å². The van der Waals surface area contributed by atoms with Gasteiger partial charge in [-0.2, -0.15) is 0 Å². The van der Waals surface area contributed by atoms with E-state index in [1.807, 2.05) is 64.1 Å². The Morgan fingerprint density at radius 2 is 0.724 bits per heavy atom. The van der Waals surface area contributed by atoms with Gasteiger partial charge in [-0.25, -0.2) is 9.97 Å². The van der Waals surface area contributed by atoms with Gasteiger partial charge in [0, 0.05) is 0 Å². The molecule has 0 N–H and O–H groups in total. The van der Waals surface area contributed by atoms with E-state index in [0.29, 0.717) is 26.2 Å². The van der Waals surface area contributed by atoms with Gasteiger partial charge in [0.2, 0.25) is 0 Å². The molecule has 0 fully saturated rings. The van der Waals surface area contributed by atoms with Crippen LogP contribution in [-0.4, -0.2) is 59.0 Å². The predicted molar refractivity (Wildman–Crippen MR) is 117 cm³/mol. The van der Waals surface area contributed by atoms with Crippen molar-refractivity contribution in [3.05, 3.63) is 59.2 Å². The Morgan fingerprint density at radius 3 is 0.966 bits per heavy atom. The van der Waals surface area contributed by atoms with Crippen LogP contribution in [0.5, 0.6) is 0 Å². The monoisotopic (exact) mass is 527 g/mol. The Labute approximate surface area is 213 Å². The Balaban J connectivity index is 0.00000300. The maximum Gasteiger partial charge on any atom is 3.00 e. The van der Waals surface area contributed by atoms with Gasteiger partial charge in [0.05, 0.1) is 71.8 Å². The number of hydrogen-bond acceptors (Lipinski definition) is 6. The molecule has 148 valence electrons. The zero-order chi connectivity index (χ0) is 19.9. The van der Waals surface area contributed by atoms with Crippen LogP contribution >= 0.6 is 0 Å². The zero-order valence-electron chi connectivity index (χ0n) is 17.4. The average Bonchev–Trinajstić information content (AvgIpc) is 2.73. The fraction of sp³-hybridized carbons (Fsp3) is 0.364. The molecule has 7 heteroatoms.